The van der Waals surface area contributed by atoms with Gasteiger partial charge in [-0.25, -0.2) is 4.79 Å². The summed E-state index contributed by atoms with van der Waals surface area (Å²) in [5, 5.41) is 0. The highest BCUT2D eigenvalue weighted by Gasteiger charge is 2.19. The lowest BCUT2D eigenvalue weighted by atomic mass is 10.1. The van der Waals surface area contributed by atoms with E-state index in [1.54, 1.807) is 26.2 Å². The molecule has 0 amide bonds. The number of hydrogen-bond donors (Lipinski definition) is 0. The van der Waals surface area contributed by atoms with Gasteiger partial charge in [0.25, 0.3) is 0 Å². The molecular weight excluding hydrogens is 180 g/mol. The van der Waals surface area contributed by atoms with E-state index < -0.39 is 5.60 Å². The van der Waals surface area contributed by atoms with E-state index in [0.29, 0.717) is 6.61 Å². The van der Waals surface area contributed by atoms with E-state index in [0.717, 1.165) is 6.42 Å². The molecule has 0 spiro atoms. The maximum atomic E-state index is 9.96. The topological polar surface area (TPSA) is 35.5 Å². The van der Waals surface area contributed by atoms with Gasteiger partial charge in [0.2, 0.25) is 0 Å². The van der Waals surface area contributed by atoms with E-state index >= 15 is 0 Å². The molecule has 0 aromatic rings. The second kappa shape index (κ2) is 7.18. The zero-order valence-corrected chi connectivity index (χ0v) is 8.95. The summed E-state index contributed by atoms with van der Waals surface area (Å²) in [6.45, 7) is 7.29. The zero-order valence-electron chi connectivity index (χ0n) is 8.95. The molecule has 0 aromatic heterocycles. The van der Waals surface area contributed by atoms with Crippen LogP contribution in [0, 0.1) is 0 Å². The van der Waals surface area contributed by atoms with Gasteiger partial charge in [0.15, 0.2) is 0 Å². The van der Waals surface area contributed by atoms with Crippen molar-refractivity contribution in [2.75, 3.05) is 6.61 Å². The Morgan fingerprint density at radius 1 is 1.36 bits per heavy atom. The summed E-state index contributed by atoms with van der Waals surface area (Å²) in [5.41, 5.74) is -0.624. The summed E-state index contributed by atoms with van der Waals surface area (Å²) in [6, 6.07) is 0. The van der Waals surface area contributed by atoms with Crippen LogP contribution in [-0.4, -0.2) is 18.7 Å². The van der Waals surface area contributed by atoms with Crippen LogP contribution in [0.15, 0.2) is 24.5 Å². The van der Waals surface area contributed by atoms with E-state index in [2.05, 4.69) is 11.7 Å². The van der Waals surface area contributed by atoms with Gasteiger partial charge in [-0.15, -0.1) is 0 Å². The predicted octanol–water partition coefficient (Wildman–Crippen LogP) is 2.35. The third-order valence-corrected chi connectivity index (χ3v) is 1.41. The van der Waals surface area contributed by atoms with Crippen LogP contribution >= 0.6 is 0 Å². The van der Waals surface area contributed by atoms with Crippen molar-refractivity contribution in [2.45, 2.75) is 32.8 Å². The molecule has 3 heteroatoms. The summed E-state index contributed by atoms with van der Waals surface area (Å²) >= 11 is 0. The molecule has 79 valence electrons. The summed E-state index contributed by atoms with van der Waals surface area (Å²) in [7, 11) is 0. The van der Waals surface area contributed by atoms with Crippen LogP contribution in [0.5, 0.6) is 0 Å². The Hall–Kier alpha value is -1.25. The van der Waals surface area contributed by atoms with Crippen LogP contribution in [-0.2, 0) is 14.3 Å². The minimum absolute atomic E-state index is 0.318. The van der Waals surface area contributed by atoms with Crippen LogP contribution in [0.2, 0.25) is 0 Å². The molecule has 0 aliphatic carbocycles. The first-order valence-corrected chi connectivity index (χ1v) is 4.61. The minimum atomic E-state index is -0.624. The van der Waals surface area contributed by atoms with Gasteiger partial charge in [-0.1, -0.05) is 19.1 Å². The van der Waals surface area contributed by atoms with E-state index in [9.17, 15) is 4.79 Å². The molecule has 14 heavy (non-hydrogen) atoms. The summed E-state index contributed by atoms with van der Waals surface area (Å²) in [5.74, 6) is 0. The molecule has 0 saturated carbocycles. The molecule has 0 atom stereocenters. The summed E-state index contributed by atoms with van der Waals surface area (Å²) < 4.78 is 9.84. The number of rotatable bonds is 7. The van der Waals surface area contributed by atoms with Gasteiger partial charge < -0.3 is 9.47 Å². The second-order valence-electron chi connectivity index (χ2n) is 3.42. The monoisotopic (exact) mass is 197 g/mol. The van der Waals surface area contributed by atoms with Crippen molar-refractivity contribution >= 4 is 6.47 Å². The first-order chi connectivity index (χ1) is 6.62. The van der Waals surface area contributed by atoms with Crippen LogP contribution in [0.1, 0.15) is 27.2 Å². The van der Waals surface area contributed by atoms with Crippen molar-refractivity contribution in [2.24, 2.45) is 0 Å². The van der Waals surface area contributed by atoms with Crippen molar-refractivity contribution in [3.8, 4) is 0 Å². The van der Waals surface area contributed by atoms with Gasteiger partial charge in [-0.2, -0.15) is 0 Å². The SMILES string of the molecule is CCC=CC=COCC(C)(C)O[C]=O. The second-order valence-corrected chi connectivity index (χ2v) is 3.42. The molecule has 0 N–H and O–H groups in total. The molecule has 0 saturated heterocycles. The van der Waals surface area contributed by atoms with Gasteiger partial charge in [0.1, 0.15) is 12.2 Å². The van der Waals surface area contributed by atoms with Crippen LogP contribution in [0.4, 0.5) is 0 Å². The Bertz CT molecular complexity index is 205. The van der Waals surface area contributed by atoms with Crippen molar-refractivity contribution in [1.82, 2.24) is 0 Å². The molecule has 3 nitrogen and oxygen atoms in total. The smallest absolute Gasteiger partial charge is 0.418 e. The van der Waals surface area contributed by atoms with Crippen molar-refractivity contribution in [3.05, 3.63) is 24.5 Å². The van der Waals surface area contributed by atoms with Crippen molar-refractivity contribution < 1.29 is 14.3 Å². The van der Waals surface area contributed by atoms with E-state index in [-0.39, 0.29) is 0 Å². The number of ether oxygens (including phenoxy) is 2. The molecule has 0 aliphatic heterocycles. The molecule has 0 fully saturated rings. The standard InChI is InChI=1S/C11H17O3/c1-4-5-6-7-8-13-9-11(2,3)14-10-12/h5-8H,4,9H2,1-3H3. The lowest BCUT2D eigenvalue weighted by Gasteiger charge is -2.20. The van der Waals surface area contributed by atoms with E-state index in [4.69, 9.17) is 4.74 Å². The molecule has 0 heterocycles. The van der Waals surface area contributed by atoms with Gasteiger partial charge in [-0.05, 0) is 26.3 Å². The van der Waals surface area contributed by atoms with Crippen LogP contribution in [0.25, 0.3) is 0 Å². The van der Waals surface area contributed by atoms with Gasteiger partial charge in [0, 0.05) is 0 Å². The van der Waals surface area contributed by atoms with E-state index in [1.807, 2.05) is 12.2 Å². The van der Waals surface area contributed by atoms with Crippen molar-refractivity contribution in [1.29, 1.82) is 0 Å². The van der Waals surface area contributed by atoms with Crippen LogP contribution < -0.4 is 0 Å². The third-order valence-electron chi connectivity index (χ3n) is 1.41. The van der Waals surface area contributed by atoms with Crippen molar-refractivity contribution in [3.63, 3.8) is 0 Å². The van der Waals surface area contributed by atoms with E-state index in [1.165, 1.54) is 6.47 Å². The molecular formula is C11H17O3. The summed E-state index contributed by atoms with van der Waals surface area (Å²) in [4.78, 5) is 9.96. The first-order valence-electron chi connectivity index (χ1n) is 4.61. The molecule has 0 aromatic carbocycles. The number of carbonyl (C=O) groups excluding carboxylic acids is 1. The minimum Gasteiger partial charge on any atom is -0.497 e. The quantitative estimate of drug-likeness (QED) is 0.464. The lowest BCUT2D eigenvalue weighted by Crippen LogP contribution is -2.29. The number of hydrogen-bond acceptors (Lipinski definition) is 3. The highest BCUT2D eigenvalue weighted by atomic mass is 16.6. The molecule has 0 bridgehead atoms. The molecule has 0 aliphatic rings. The fourth-order valence-corrected chi connectivity index (χ4v) is 0.707. The highest BCUT2D eigenvalue weighted by Crippen LogP contribution is 2.07. The molecule has 1 radical (unpaired) electrons. The fraction of sp³-hybridized carbons (Fsp3) is 0.545. The Morgan fingerprint density at radius 2 is 2.07 bits per heavy atom. The van der Waals surface area contributed by atoms with Gasteiger partial charge in [-0.3, -0.25) is 0 Å². The average Bonchev–Trinajstić information content (AvgIpc) is 2.11. The normalized spacial score (nSPS) is 12.2. The molecule has 0 unspecified atom stereocenters. The number of allylic oxidation sites excluding steroid dienone is 3. The maximum Gasteiger partial charge on any atom is 0.418 e. The maximum absolute atomic E-state index is 9.96. The van der Waals surface area contributed by atoms with Gasteiger partial charge >= 0.3 is 6.47 Å². The van der Waals surface area contributed by atoms with Gasteiger partial charge in [0.05, 0.1) is 6.26 Å². The Balaban J connectivity index is 3.66. The van der Waals surface area contributed by atoms with Crippen LogP contribution in [0.3, 0.4) is 0 Å². The Morgan fingerprint density at radius 3 is 2.64 bits per heavy atom. The third kappa shape index (κ3) is 7.40. The Labute approximate surface area is 85.4 Å². The molecule has 0 rings (SSSR count). The average molecular weight is 197 g/mol. The highest BCUT2D eigenvalue weighted by molar-refractivity contribution is 5.39. The Kier molecular flexibility index (Phi) is 6.54. The first kappa shape index (κ1) is 12.8. The fourth-order valence-electron chi connectivity index (χ4n) is 0.707. The largest absolute Gasteiger partial charge is 0.497 e. The summed E-state index contributed by atoms with van der Waals surface area (Å²) in [6.07, 6.45) is 8.28. The predicted molar refractivity (Wildman–Crippen MR) is 55.4 cm³/mol. The lowest BCUT2D eigenvalue weighted by molar-refractivity contribution is 0.0207. The zero-order chi connectivity index (χ0) is 10.9.